The van der Waals surface area contributed by atoms with E-state index in [-0.39, 0.29) is 0 Å². The summed E-state index contributed by atoms with van der Waals surface area (Å²) in [4.78, 5) is 18.3. The second kappa shape index (κ2) is 7.82. The van der Waals surface area contributed by atoms with E-state index in [1.807, 2.05) is 36.4 Å². The highest BCUT2D eigenvalue weighted by atomic mass is 16.5. The summed E-state index contributed by atoms with van der Waals surface area (Å²) in [6.45, 7) is 0. The Hall–Kier alpha value is -3.94. The number of nitrogens with zero attached hydrogens (tertiary/aromatic N) is 1. The molecular weight excluding hydrogens is 388 g/mol. The molecule has 0 aliphatic carbocycles. The van der Waals surface area contributed by atoms with Crippen LogP contribution in [0.25, 0.3) is 33.6 Å². The van der Waals surface area contributed by atoms with Gasteiger partial charge in [0.25, 0.3) is 0 Å². The third kappa shape index (κ3) is 3.22. The summed E-state index contributed by atoms with van der Waals surface area (Å²) in [5, 5.41) is 0.648. The van der Waals surface area contributed by atoms with Crippen molar-refractivity contribution < 1.29 is 23.4 Å². The lowest BCUT2D eigenvalue weighted by atomic mass is 9.99. The molecule has 0 unspecified atom stereocenters. The highest BCUT2D eigenvalue weighted by molar-refractivity contribution is 6.00. The second-order valence-electron chi connectivity index (χ2n) is 6.38. The van der Waals surface area contributed by atoms with E-state index in [9.17, 15) is 4.79 Å². The Kier molecular flexibility index (Phi) is 5.05. The molecule has 0 atom stereocenters. The van der Waals surface area contributed by atoms with Crippen molar-refractivity contribution >= 4 is 11.1 Å². The number of ether oxygens (including phenoxy) is 4. The number of aromatic amines is 1. The Balaban J connectivity index is 2.03. The van der Waals surface area contributed by atoms with Crippen molar-refractivity contribution in [2.75, 3.05) is 28.4 Å². The Morgan fingerprint density at radius 2 is 1.53 bits per heavy atom. The molecule has 0 saturated heterocycles. The van der Waals surface area contributed by atoms with E-state index < -0.39 is 5.69 Å². The number of aromatic nitrogens is 2. The van der Waals surface area contributed by atoms with Crippen molar-refractivity contribution in [3.05, 3.63) is 53.1 Å². The molecule has 8 heteroatoms. The lowest BCUT2D eigenvalue weighted by Crippen LogP contribution is -2.07. The Bertz CT molecular complexity index is 1230. The smallest absolute Gasteiger partial charge is 0.347 e. The summed E-state index contributed by atoms with van der Waals surface area (Å²) in [6.07, 6.45) is 1.49. The molecule has 0 spiro atoms. The van der Waals surface area contributed by atoms with Gasteiger partial charge >= 0.3 is 5.69 Å². The van der Waals surface area contributed by atoms with E-state index in [0.29, 0.717) is 34.1 Å². The highest BCUT2D eigenvalue weighted by Crippen LogP contribution is 2.46. The lowest BCUT2D eigenvalue weighted by Gasteiger charge is -2.14. The standard InChI is InChI=1S/C22H20N2O6/c1-26-14-7-5-12(6-8-14)19-18(15-11-23-22(25)24-21(15)30-19)13-9-16(27-2)20(29-4)17(10-13)28-3/h5-11H,1-4H3,(H,23,24,25). The summed E-state index contributed by atoms with van der Waals surface area (Å²) in [5.74, 6) is 2.76. The molecule has 0 bridgehead atoms. The van der Waals surface area contributed by atoms with E-state index in [1.165, 1.54) is 6.20 Å². The largest absolute Gasteiger partial charge is 0.497 e. The van der Waals surface area contributed by atoms with Crippen LogP contribution in [0.2, 0.25) is 0 Å². The Morgan fingerprint density at radius 3 is 2.10 bits per heavy atom. The van der Waals surface area contributed by atoms with Gasteiger partial charge in [-0.25, -0.2) is 9.78 Å². The first kappa shape index (κ1) is 19.4. The molecule has 2 aromatic carbocycles. The molecule has 2 heterocycles. The number of H-pyrrole nitrogens is 1. The Morgan fingerprint density at radius 1 is 0.867 bits per heavy atom. The van der Waals surface area contributed by atoms with Crippen LogP contribution in [0.15, 0.2) is 51.8 Å². The van der Waals surface area contributed by atoms with Crippen LogP contribution in [0.3, 0.4) is 0 Å². The van der Waals surface area contributed by atoms with Gasteiger partial charge in [0, 0.05) is 17.3 Å². The molecule has 4 aromatic rings. The Labute approximate surface area is 172 Å². The van der Waals surface area contributed by atoms with Gasteiger partial charge in [0.1, 0.15) is 11.5 Å². The first-order valence-corrected chi connectivity index (χ1v) is 9.06. The number of rotatable bonds is 6. The van der Waals surface area contributed by atoms with Crippen LogP contribution in [0.5, 0.6) is 23.0 Å². The average Bonchev–Trinajstić information content (AvgIpc) is 3.16. The lowest BCUT2D eigenvalue weighted by molar-refractivity contribution is 0.324. The number of methoxy groups -OCH3 is 4. The molecule has 4 rings (SSSR count). The van der Waals surface area contributed by atoms with E-state index in [1.54, 1.807) is 28.4 Å². The van der Waals surface area contributed by atoms with Gasteiger partial charge in [-0.2, -0.15) is 0 Å². The van der Waals surface area contributed by atoms with Gasteiger partial charge in [-0.15, -0.1) is 0 Å². The zero-order chi connectivity index (χ0) is 21.3. The molecule has 154 valence electrons. The molecule has 0 saturated carbocycles. The van der Waals surface area contributed by atoms with Gasteiger partial charge in [-0.05, 0) is 42.0 Å². The highest BCUT2D eigenvalue weighted by Gasteiger charge is 2.22. The van der Waals surface area contributed by atoms with Gasteiger partial charge in [-0.1, -0.05) is 0 Å². The SMILES string of the molecule is COc1ccc(-c2oc3[nH]c(=O)ncc3c2-c2cc(OC)c(OC)c(OC)c2)cc1. The summed E-state index contributed by atoms with van der Waals surface area (Å²) >= 11 is 0. The maximum Gasteiger partial charge on any atom is 0.347 e. The van der Waals surface area contributed by atoms with Crippen molar-refractivity contribution in [3.63, 3.8) is 0 Å². The topological polar surface area (TPSA) is 95.8 Å². The van der Waals surface area contributed by atoms with E-state index in [2.05, 4.69) is 9.97 Å². The number of hydrogen-bond acceptors (Lipinski definition) is 7. The fraction of sp³-hybridized carbons (Fsp3) is 0.182. The second-order valence-corrected chi connectivity index (χ2v) is 6.38. The van der Waals surface area contributed by atoms with Gasteiger partial charge in [0.05, 0.1) is 33.8 Å². The maximum atomic E-state index is 11.7. The maximum absolute atomic E-state index is 11.7. The molecule has 2 aromatic heterocycles. The monoisotopic (exact) mass is 408 g/mol. The zero-order valence-corrected chi connectivity index (χ0v) is 16.9. The molecule has 0 radical (unpaired) electrons. The molecular formula is C22H20N2O6. The predicted molar refractivity (Wildman–Crippen MR) is 112 cm³/mol. The number of hydrogen-bond donors (Lipinski definition) is 1. The van der Waals surface area contributed by atoms with Gasteiger partial charge in [0.2, 0.25) is 11.5 Å². The molecule has 0 aliphatic rings. The molecule has 0 amide bonds. The third-order valence-electron chi connectivity index (χ3n) is 4.78. The van der Waals surface area contributed by atoms with Crippen LogP contribution in [0, 0.1) is 0 Å². The van der Waals surface area contributed by atoms with E-state index in [4.69, 9.17) is 23.4 Å². The van der Waals surface area contributed by atoms with Crippen LogP contribution in [0.1, 0.15) is 0 Å². The summed E-state index contributed by atoms with van der Waals surface area (Å²) < 4.78 is 27.7. The minimum Gasteiger partial charge on any atom is -0.497 e. The van der Waals surface area contributed by atoms with Gasteiger partial charge in [-0.3, -0.25) is 4.98 Å². The summed E-state index contributed by atoms with van der Waals surface area (Å²) in [7, 11) is 6.26. The number of nitrogens with one attached hydrogen (secondary N) is 1. The van der Waals surface area contributed by atoms with E-state index >= 15 is 0 Å². The molecule has 30 heavy (non-hydrogen) atoms. The van der Waals surface area contributed by atoms with E-state index in [0.717, 1.165) is 22.4 Å². The summed E-state index contributed by atoms with van der Waals surface area (Å²) in [6, 6.07) is 11.1. The van der Waals surface area contributed by atoms with Crippen molar-refractivity contribution in [1.82, 2.24) is 9.97 Å². The van der Waals surface area contributed by atoms with Crippen LogP contribution < -0.4 is 24.6 Å². The normalized spacial score (nSPS) is 10.8. The third-order valence-corrected chi connectivity index (χ3v) is 4.78. The number of benzene rings is 2. The van der Waals surface area contributed by atoms with Gasteiger partial charge < -0.3 is 23.4 Å². The van der Waals surface area contributed by atoms with Crippen molar-refractivity contribution in [2.45, 2.75) is 0 Å². The van der Waals surface area contributed by atoms with Crippen LogP contribution in [-0.2, 0) is 0 Å². The number of fused-ring (bicyclic) bond motifs is 1. The number of furan rings is 1. The summed E-state index contributed by atoms with van der Waals surface area (Å²) in [5.41, 5.74) is 2.12. The quantitative estimate of drug-likeness (QED) is 0.517. The zero-order valence-electron chi connectivity index (χ0n) is 16.9. The molecule has 0 fully saturated rings. The van der Waals surface area contributed by atoms with Crippen molar-refractivity contribution in [2.24, 2.45) is 0 Å². The molecule has 0 aliphatic heterocycles. The van der Waals surface area contributed by atoms with Crippen molar-refractivity contribution in [1.29, 1.82) is 0 Å². The fourth-order valence-electron chi connectivity index (χ4n) is 3.37. The molecule has 1 N–H and O–H groups in total. The minimum absolute atomic E-state index is 0.324. The van der Waals surface area contributed by atoms with Crippen LogP contribution >= 0.6 is 0 Å². The van der Waals surface area contributed by atoms with Crippen molar-refractivity contribution in [3.8, 4) is 45.4 Å². The fourth-order valence-corrected chi connectivity index (χ4v) is 3.37. The first-order valence-electron chi connectivity index (χ1n) is 9.06. The van der Waals surface area contributed by atoms with Crippen LogP contribution in [-0.4, -0.2) is 38.4 Å². The van der Waals surface area contributed by atoms with Gasteiger partial charge in [0.15, 0.2) is 11.5 Å². The average molecular weight is 408 g/mol. The molecule has 8 nitrogen and oxygen atoms in total. The first-order chi connectivity index (χ1) is 14.6. The minimum atomic E-state index is -0.492. The van der Waals surface area contributed by atoms with Crippen LogP contribution in [0.4, 0.5) is 0 Å². The predicted octanol–water partition coefficient (Wildman–Crippen LogP) is 3.88.